The third-order valence-electron chi connectivity index (χ3n) is 11.5. The Kier molecular flexibility index (Phi) is 12.8. The second-order valence-electron chi connectivity index (χ2n) is 15.0. The van der Waals surface area contributed by atoms with Gasteiger partial charge in [0.15, 0.2) is 5.96 Å². The molecular formula is C42H52N5O6-. The first-order chi connectivity index (χ1) is 25.8. The highest BCUT2D eigenvalue weighted by Gasteiger charge is 2.43. The van der Waals surface area contributed by atoms with E-state index in [9.17, 15) is 29.7 Å². The lowest BCUT2D eigenvalue weighted by atomic mass is 9.58. The second kappa shape index (κ2) is 17.9. The van der Waals surface area contributed by atoms with Gasteiger partial charge < -0.3 is 46.3 Å². The SMILES string of the molecule is NC1=NCC[C@H](/C(=C\C(=O)O)[C@H](C[C@H]2[C@@H]3c4cc5cc(CC=O)ccc5cc4C[C@H]2C=C[C@H]3CC[C@H](O)CC[C@H](C=O)CCCO)[N-]c2ccc[nH]2)N1. The molecule has 2 aliphatic carbocycles. The van der Waals surface area contributed by atoms with Gasteiger partial charge in [0.05, 0.1) is 12.1 Å². The first-order valence-corrected chi connectivity index (χ1v) is 19.0. The van der Waals surface area contributed by atoms with Gasteiger partial charge in [-0.3, -0.25) is 4.99 Å². The summed E-state index contributed by atoms with van der Waals surface area (Å²) in [4.78, 5) is 42.8. The number of aldehydes is 2. The van der Waals surface area contributed by atoms with E-state index in [1.807, 2.05) is 24.4 Å². The number of rotatable bonds is 19. The maximum absolute atomic E-state index is 12.4. The number of nitrogens with one attached hydrogen (secondary N) is 2. The maximum Gasteiger partial charge on any atom is 0.328 e. The van der Waals surface area contributed by atoms with Crippen LogP contribution in [0.15, 0.2) is 77.5 Å². The third-order valence-corrected chi connectivity index (χ3v) is 11.5. The molecule has 0 saturated carbocycles. The summed E-state index contributed by atoms with van der Waals surface area (Å²) in [5, 5.41) is 41.0. The van der Waals surface area contributed by atoms with Crippen LogP contribution in [0.2, 0.25) is 0 Å². The number of nitrogens with zero attached hydrogens (tertiary/aromatic N) is 2. The number of guanidine groups is 1. The Morgan fingerprint density at radius 3 is 2.68 bits per heavy atom. The predicted octanol–water partition coefficient (Wildman–Crippen LogP) is 5.63. The number of hydrogen-bond acceptors (Lipinski definition) is 8. The van der Waals surface area contributed by atoms with E-state index in [-0.39, 0.29) is 48.2 Å². The van der Waals surface area contributed by atoms with Crippen LogP contribution in [-0.2, 0) is 27.2 Å². The molecule has 8 atom stereocenters. The monoisotopic (exact) mass is 722 g/mol. The Balaban J connectivity index is 1.34. The topological polar surface area (TPSA) is 192 Å². The highest BCUT2D eigenvalue weighted by atomic mass is 16.4. The number of aromatic nitrogens is 1. The quantitative estimate of drug-likeness (QED) is 0.0521. The summed E-state index contributed by atoms with van der Waals surface area (Å²) >= 11 is 0. The molecule has 1 aliphatic heterocycles. The molecule has 0 radical (unpaired) electrons. The summed E-state index contributed by atoms with van der Waals surface area (Å²) < 4.78 is 0. The molecule has 2 bridgehead atoms. The molecule has 53 heavy (non-hydrogen) atoms. The van der Waals surface area contributed by atoms with Crippen molar-refractivity contribution >= 4 is 41.1 Å². The molecule has 0 saturated heterocycles. The number of benzene rings is 2. The van der Waals surface area contributed by atoms with E-state index in [0.717, 1.165) is 41.7 Å². The number of carbonyl (C=O) groups excluding carboxylic acids is 2. The number of fused-ring (bicyclic) bond motifs is 5. The van der Waals surface area contributed by atoms with Crippen molar-refractivity contribution in [3.05, 3.63) is 94.5 Å². The third kappa shape index (κ3) is 9.44. The van der Waals surface area contributed by atoms with Crippen LogP contribution in [-0.4, -0.2) is 76.1 Å². The first kappa shape index (κ1) is 38.0. The van der Waals surface area contributed by atoms with E-state index in [4.69, 9.17) is 11.1 Å². The van der Waals surface area contributed by atoms with Gasteiger partial charge in [-0.2, -0.15) is 0 Å². The number of allylic oxidation sites excluding steroid dienone is 2. The lowest BCUT2D eigenvalue weighted by Gasteiger charge is -2.48. The first-order valence-electron chi connectivity index (χ1n) is 19.0. The number of hydrogen-bond donors (Lipinski definition) is 6. The highest BCUT2D eigenvalue weighted by molar-refractivity contribution is 5.86. The fraction of sp³-hybridized carbons (Fsp3) is 0.476. The van der Waals surface area contributed by atoms with Crippen LogP contribution < -0.4 is 11.1 Å². The van der Waals surface area contributed by atoms with Gasteiger partial charge in [0.2, 0.25) is 0 Å². The second-order valence-corrected chi connectivity index (χ2v) is 15.0. The molecule has 11 nitrogen and oxygen atoms in total. The molecule has 3 aromatic rings. The molecule has 7 N–H and O–H groups in total. The van der Waals surface area contributed by atoms with Gasteiger partial charge in [-0.1, -0.05) is 66.6 Å². The summed E-state index contributed by atoms with van der Waals surface area (Å²) in [5.41, 5.74) is 10.3. The van der Waals surface area contributed by atoms with Crippen molar-refractivity contribution in [2.24, 2.45) is 34.4 Å². The minimum Gasteiger partial charge on any atom is -0.478 e. The van der Waals surface area contributed by atoms with Crippen LogP contribution >= 0.6 is 0 Å². The highest BCUT2D eigenvalue weighted by Crippen LogP contribution is 2.53. The van der Waals surface area contributed by atoms with Gasteiger partial charge in [0.25, 0.3) is 0 Å². The van der Waals surface area contributed by atoms with Gasteiger partial charge >= 0.3 is 5.97 Å². The van der Waals surface area contributed by atoms with Gasteiger partial charge in [0, 0.05) is 31.6 Å². The molecule has 0 spiro atoms. The van der Waals surface area contributed by atoms with Gasteiger partial charge in [0.1, 0.15) is 12.6 Å². The van der Waals surface area contributed by atoms with Crippen molar-refractivity contribution in [1.82, 2.24) is 10.3 Å². The normalized spacial score (nSPS) is 24.0. The van der Waals surface area contributed by atoms with Crippen LogP contribution in [0.3, 0.4) is 0 Å². The van der Waals surface area contributed by atoms with E-state index in [1.54, 1.807) is 0 Å². The van der Waals surface area contributed by atoms with Crippen LogP contribution in [0.25, 0.3) is 16.1 Å². The van der Waals surface area contributed by atoms with Crippen LogP contribution in [0.5, 0.6) is 0 Å². The van der Waals surface area contributed by atoms with E-state index in [2.05, 4.69) is 51.7 Å². The minimum atomic E-state index is -1.04. The number of aliphatic carboxylic acids is 1. The molecule has 1 aromatic heterocycles. The van der Waals surface area contributed by atoms with Gasteiger partial charge in [-0.05, 0) is 121 Å². The summed E-state index contributed by atoms with van der Waals surface area (Å²) in [7, 11) is 0. The molecule has 6 rings (SSSR count). The van der Waals surface area contributed by atoms with Crippen molar-refractivity contribution < 1.29 is 29.7 Å². The number of carboxylic acid groups (broad SMARTS) is 1. The molecule has 0 unspecified atom stereocenters. The zero-order valence-corrected chi connectivity index (χ0v) is 30.1. The largest absolute Gasteiger partial charge is 0.478 e. The molecule has 0 fully saturated rings. The van der Waals surface area contributed by atoms with Gasteiger partial charge in [-0.25, -0.2) is 4.79 Å². The molecular weight excluding hydrogens is 670 g/mol. The van der Waals surface area contributed by atoms with E-state index in [1.165, 1.54) is 17.2 Å². The van der Waals surface area contributed by atoms with Crippen molar-refractivity contribution in [3.8, 4) is 0 Å². The number of aromatic amines is 1. The van der Waals surface area contributed by atoms with Gasteiger partial charge in [-0.15, -0.1) is 0 Å². The summed E-state index contributed by atoms with van der Waals surface area (Å²) in [6, 6.07) is 13.7. The van der Waals surface area contributed by atoms with Crippen LogP contribution in [0, 0.1) is 23.7 Å². The van der Waals surface area contributed by atoms with Crippen molar-refractivity contribution in [2.45, 2.75) is 88.3 Å². The summed E-state index contributed by atoms with van der Waals surface area (Å²) in [6.07, 6.45) is 15.0. The van der Waals surface area contributed by atoms with Crippen LogP contribution in [0.1, 0.15) is 74.0 Å². The van der Waals surface area contributed by atoms with Crippen molar-refractivity contribution in [1.29, 1.82) is 0 Å². The smallest absolute Gasteiger partial charge is 0.328 e. The number of aliphatic imine (C=N–C) groups is 1. The molecule has 2 heterocycles. The fourth-order valence-corrected chi connectivity index (χ4v) is 8.88. The average Bonchev–Trinajstić information content (AvgIpc) is 3.66. The molecule has 11 heteroatoms. The van der Waals surface area contributed by atoms with Crippen molar-refractivity contribution in [2.75, 3.05) is 13.2 Å². The lowest BCUT2D eigenvalue weighted by molar-refractivity contribution is -0.131. The number of nitrogens with two attached hydrogens (primary N) is 1. The summed E-state index contributed by atoms with van der Waals surface area (Å²) in [5.74, 6) is 0.221. The molecule has 3 aliphatic rings. The Morgan fingerprint density at radius 1 is 1.08 bits per heavy atom. The van der Waals surface area contributed by atoms with Crippen molar-refractivity contribution in [3.63, 3.8) is 0 Å². The molecule has 0 amide bonds. The van der Waals surface area contributed by atoms with E-state index >= 15 is 0 Å². The maximum atomic E-state index is 12.4. The number of aliphatic hydroxyl groups excluding tert-OH is 2. The number of H-pyrrole nitrogens is 1. The van der Waals surface area contributed by atoms with E-state index in [0.29, 0.717) is 69.3 Å². The molecule has 282 valence electrons. The number of aliphatic hydroxyl groups is 2. The zero-order valence-electron chi connectivity index (χ0n) is 30.1. The minimum absolute atomic E-state index is 0.0474. The standard InChI is InChI=1S/C42H52N5O6/c43-42-45-16-13-37(47-42)36(24-40(52)53)38(46-39-4-1-15-44-39)23-35-30-9-8-28(10-12-33(51)11-6-27(25-50)3-2-17-48)41(35)34-22-31-19-26(14-18-49)5-7-29(31)20-32(34)21-30/h1,4-5,7-9,15,18-20,22,24-25,27-28,30,33,35,37-38,41,44,48,51H,2-3,6,10-14,16-17,21,23H2,(H,52,53)(H3,43,45,47)/q-1/b36-24+/t27-,28+,30-,33-,35-,37-,38+,41+/m1/s1. The molecule has 2 aromatic carbocycles. The zero-order chi connectivity index (χ0) is 37.3. The Labute approximate surface area is 310 Å². The predicted molar refractivity (Wildman–Crippen MR) is 206 cm³/mol. The fourth-order valence-electron chi connectivity index (χ4n) is 8.88. The average molecular weight is 723 g/mol. The number of carbonyl (C=O) groups is 3. The Morgan fingerprint density at radius 2 is 1.94 bits per heavy atom. The Bertz CT molecular complexity index is 1820. The summed E-state index contributed by atoms with van der Waals surface area (Å²) in [6.45, 7) is 0.533. The lowest BCUT2D eigenvalue weighted by Crippen LogP contribution is -2.47. The number of carboxylic acids is 1. The Hall–Kier alpha value is -4.74. The van der Waals surface area contributed by atoms with E-state index < -0.39 is 18.1 Å². The van der Waals surface area contributed by atoms with Crippen LogP contribution in [0.4, 0.5) is 5.82 Å².